The molecule has 0 radical (unpaired) electrons. The number of hydrogen-bond donors (Lipinski definition) is 1. The number of halogens is 1. The molecule has 4 aromatic rings. The van der Waals surface area contributed by atoms with E-state index in [0.717, 1.165) is 10.1 Å². The maximum absolute atomic E-state index is 12.9. The molecule has 3 aromatic heterocycles. The zero-order valence-electron chi connectivity index (χ0n) is 16.6. The van der Waals surface area contributed by atoms with Gasteiger partial charge in [-0.3, -0.25) is 18.5 Å². The van der Waals surface area contributed by atoms with E-state index in [4.69, 9.17) is 16.0 Å². The van der Waals surface area contributed by atoms with E-state index in [2.05, 4.69) is 15.5 Å². The zero-order chi connectivity index (χ0) is 21.4. The van der Waals surface area contributed by atoms with Crippen molar-refractivity contribution < 1.29 is 4.42 Å². The number of furan rings is 1. The third kappa shape index (κ3) is 3.33. The summed E-state index contributed by atoms with van der Waals surface area (Å²) in [5.41, 5.74) is 3.90. The third-order valence-corrected chi connectivity index (χ3v) is 5.20. The van der Waals surface area contributed by atoms with Gasteiger partial charge >= 0.3 is 5.69 Å². The van der Waals surface area contributed by atoms with Crippen molar-refractivity contribution in [2.75, 3.05) is 5.43 Å². The first-order chi connectivity index (χ1) is 14.4. The lowest BCUT2D eigenvalue weighted by atomic mass is 10.2. The molecule has 9 nitrogen and oxygen atoms in total. The van der Waals surface area contributed by atoms with Gasteiger partial charge in [-0.25, -0.2) is 10.2 Å². The molecule has 0 aliphatic heterocycles. The molecule has 1 N–H and O–H groups in total. The van der Waals surface area contributed by atoms with E-state index in [1.165, 1.54) is 11.6 Å². The Morgan fingerprint density at radius 3 is 2.63 bits per heavy atom. The number of imidazole rings is 1. The van der Waals surface area contributed by atoms with Gasteiger partial charge in [0.25, 0.3) is 5.56 Å². The molecule has 3 heterocycles. The van der Waals surface area contributed by atoms with Crippen LogP contribution in [0.3, 0.4) is 0 Å². The molecule has 0 bridgehead atoms. The van der Waals surface area contributed by atoms with E-state index >= 15 is 0 Å². The Hall–Kier alpha value is -3.59. The maximum Gasteiger partial charge on any atom is 0.332 e. The van der Waals surface area contributed by atoms with Crippen LogP contribution >= 0.6 is 11.6 Å². The van der Waals surface area contributed by atoms with Crippen molar-refractivity contribution in [2.45, 2.75) is 13.5 Å². The van der Waals surface area contributed by atoms with Gasteiger partial charge in [-0.15, -0.1) is 0 Å². The second-order valence-corrected chi connectivity index (χ2v) is 7.18. The summed E-state index contributed by atoms with van der Waals surface area (Å²) < 4.78 is 9.38. The predicted molar refractivity (Wildman–Crippen MR) is 115 cm³/mol. The summed E-state index contributed by atoms with van der Waals surface area (Å²) in [6.07, 6.45) is 1.56. The Labute approximate surface area is 175 Å². The van der Waals surface area contributed by atoms with Crippen LogP contribution in [0.1, 0.15) is 18.2 Å². The van der Waals surface area contributed by atoms with E-state index in [-0.39, 0.29) is 17.7 Å². The fourth-order valence-corrected chi connectivity index (χ4v) is 3.35. The quantitative estimate of drug-likeness (QED) is 0.390. The highest BCUT2D eigenvalue weighted by molar-refractivity contribution is 6.31. The SMILES string of the molecule is C/C(=N/Nc1nc2c(c(=O)n(C)c(=O)n2C)n1Cc1ccccc1Cl)c1ccco1. The summed E-state index contributed by atoms with van der Waals surface area (Å²) in [5, 5.41) is 4.88. The molecule has 0 amide bonds. The number of hydrazone groups is 1. The molecule has 0 unspecified atom stereocenters. The van der Waals surface area contributed by atoms with Gasteiger partial charge in [0.2, 0.25) is 5.95 Å². The van der Waals surface area contributed by atoms with Crippen LogP contribution < -0.4 is 16.7 Å². The summed E-state index contributed by atoms with van der Waals surface area (Å²) in [5.74, 6) is 0.897. The van der Waals surface area contributed by atoms with Crippen LogP contribution in [0.5, 0.6) is 0 Å². The van der Waals surface area contributed by atoms with Gasteiger partial charge < -0.3 is 4.42 Å². The molecule has 0 saturated carbocycles. The molecule has 0 fully saturated rings. The number of benzene rings is 1. The number of rotatable bonds is 5. The van der Waals surface area contributed by atoms with Gasteiger partial charge in [0.15, 0.2) is 11.2 Å². The van der Waals surface area contributed by atoms with Crippen molar-refractivity contribution >= 4 is 34.4 Å². The Balaban J connectivity index is 1.90. The maximum atomic E-state index is 12.9. The summed E-state index contributed by atoms with van der Waals surface area (Å²) >= 11 is 6.33. The number of aromatic nitrogens is 4. The molecule has 154 valence electrons. The molecular weight excluding hydrogens is 408 g/mol. The van der Waals surface area contributed by atoms with Crippen LogP contribution in [0.4, 0.5) is 5.95 Å². The lowest BCUT2D eigenvalue weighted by molar-refractivity contribution is 0.557. The van der Waals surface area contributed by atoms with Gasteiger partial charge in [-0.1, -0.05) is 29.8 Å². The minimum Gasteiger partial charge on any atom is -0.463 e. The first-order valence-corrected chi connectivity index (χ1v) is 9.50. The average molecular weight is 427 g/mol. The fraction of sp³-hybridized carbons (Fsp3) is 0.200. The highest BCUT2D eigenvalue weighted by Gasteiger charge is 2.20. The largest absolute Gasteiger partial charge is 0.463 e. The van der Waals surface area contributed by atoms with Crippen LogP contribution in [-0.4, -0.2) is 24.4 Å². The van der Waals surface area contributed by atoms with Crippen LogP contribution in [0.25, 0.3) is 11.2 Å². The van der Waals surface area contributed by atoms with E-state index in [1.807, 2.05) is 18.2 Å². The minimum atomic E-state index is -0.461. The fourth-order valence-electron chi connectivity index (χ4n) is 3.16. The lowest BCUT2D eigenvalue weighted by Gasteiger charge is -2.10. The summed E-state index contributed by atoms with van der Waals surface area (Å²) in [6, 6.07) is 10.9. The van der Waals surface area contributed by atoms with E-state index in [1.54, 1.807) is 43.0 Å². The van der Waals surface area contributed by atoms with Crippen molar-refractivity contribution in [3.05, 3.63) is 79.8 Å². The third-order valence-electron chi connectivity index (χ3n) is 4.84. The molecule has 0 spiro atoms. The van der Waals surface area contributed by atoms with E-state index < -0.39 is 11.2 Å². The molecule has 0 saturated heterocycles. The highest BCUT2D eigenvalue weighted by atomic mass is 35.5. The summed E-state index contributed by atoms with van der Waals surface area (Å²) in [4.78, 5) is 29.7. The van der Waals surface area contributed by atoms with Crippen molar-refractivity contribution in [1.82, 2.24) is 18.7 Å². The van der Waals surface area contributed by atoms with E-state index in [9.17, 15) is 9.59 Å². The van der Waals surface area contributed by atoms with E-state index in [0.29, 0.717) is 22.4 Å². The second kappa shape index (κ2) is 7.68. The van der Waals surface area contributed by atoms with Gasteiger partial charge in [0.1, 0.15) is 11.5 Å². The van der Waals surface area contributed by atoms with Crippen molar-refractivity contribution in [3.63, 3.8) is 0 Å². The number of nitrogens with one attached hydrogen (secondary N) is 1. The molecule has 0 atom stereocenters. The molecule has 10 heteroatoms. The smallest absolute Gasteiger partial charge is 0.332 e. The number of anilines is 1. The predicted octanol–water partition coefficient (Wildman–Crippen LogP) is 2.56. The number of fused-ring (bicyclic) bond motifs is 1. The van der Waals surface area contributed by atoms with Gasteiger partial charge in [0.05, 0.1) is 12.8 Å². The van der Waals surface area contributed by atoms with Crippen molar-refractivity contribution in [2.24, 2.45) is 19.2 Å². The number of aryl methyl sites for hydroxylation is 1. The second-order valence-electron chi connectivity index (χ2n) is 6.78. The lowest BCUT2D eigenvalue weighted by Crippen LogP contribution is -2.37. The van der Waals surface area contributed by atoms with Crippen LogP contribution in [0.15, 0.2) is 61.8 Å². The molecule has 30 heavy (non-hydrogen) atoms. The topological polar surface area (TPSA) is 99.4 Å². The molecule has 4 rings (SSSR count). The number of nitrogens with zero attached hydrogens (tertiary/aromatic N) is 5. The van der Waals surface area contributed by atoms with Crippen molar-refractivity contribution in [3.8, 4) is 0 Å². The van der Waals surface area contributed by atoms with Gasteiger partial charge in [0, 0.05) is 19.1 Å². The zero-order valence-corrected chi connectivity index (χ0v) is 17.3. The summed E-state index contributed by atoms with van der Waals surface area (Å²) in [6.45, 7) is 2.04. The Morgan fingerprint density at radius 1 is 1.17 bits per heavy atom. The molecule has 0 aliphatic rings. The highest BCUT2D eigenvalue weighted by Crippen LogP contribution is 2.22. The summed E-state index contributed by atoms with van der Waals surface area (Å²) in [7, 11) is 3.00. The first-order valence-electron chi connectivity index (χ1n) is 9.12. The van der Waals surface area contributed by atoms with Gasteiger partial charge in [-0.2, -0.15) is 10.1 Å². The molecule has 1 aromatic carbocycles. The standard InChI is InChI=1S/C20H19ClN6O3/c1-12(15-9-6-10-30-15)23-24-19-22-17-16(18(28)26(3)20(29)25(17)2)27(19)11-13-7-4-5-8-14(13)21/h4-10H,11H2,1-3H3,(H,22,24)/b23-12-. The molecule has 0 aliphatic carbocycles. The number of hydrogen-bond acceptors (Lipinski definition) is 6. The van der Waals surface area contributed by atoms with Crippen molar-refractivity contribution in [1.29, 1.82) is 0 Å². The average Bonchev–Trinajstić information content (AvgIpc) is 3.39. The minimum absolute atomic E-state index is 0.253. The van der Waals surface area contributed by atoms with Crippen LogP contribution in [-0.2, 0) is 20.6 Å². The monoisotopic (exact) mass is 426 g/mol. The Morgan fingerprint density at radius 2 is 1.93 bits per heavy atom. The van der Waals surface area contributed by atoms with Gasteiger partial charge in [-0.05, 0) is 30.7 Å². The normalized spacial score (nSPS) is 11.9. The Kier molecular flexibility index (Phi) is 5.04. The van der Waals surface area contributed by atoms with Crippen LogP contribution in [0.2, 0.25) is 5.02 Å². The molecular formula is C20H19ClN6O3. The van der Waals surface area contributed by atoms with Crippen LogP contribution in [0, 0.1) is 0 Å². The first kappa shape index (κ1) is 19.7. The Bertz CT molecular complexity index is 1380.